The van der Waals surface area contributed by atoms with Crippen molar-refractivity contribution in [2.45, 2.75) is 117 Å². The van der Waals surface area contributed by atoms with Gasteiger partial charge in [0, 0.05) is 13.0 Å². The molecule has 0 aliphatic carbocycles. The maximum atomic E-state index is 14.1. The number of aliphatic hydroxyl groups excluding tert-OH is 1. The number of fused-ring (bicyclic) bond motifs is 1. The van der Waals surface area contributed by atoms with Crippen molar-refractivity contribution in [1.82, 2.24) is 21.3 Å². The quantitative estimate of drug-likeness (QED) is 0.0838. The van der Waals surface area contributed by atoms with Gasteiger partial charge in [-0.1, -0.05) is 133 Å². The highest BCUT2D eigenvalue weighted by atomic mass is 16.5. The Hall–Kier alpha value is -4.44. The molecule has 0 aliphatic rings. The van der Waals surface area contributed by atoms with Crippen LogP contribution in [0.1, 0.15) is 90.7 Å². The van der Waals surface area contributed by atoms with E-state index in [-0.39, 0.29) is 31.3 Å². The van der Waals surface area contributed by atoms with Gasteiger partial charge in [-0.2, -0.15) is 0 Å². The van der Waals surface area contributed by atoms with Crippen molar-refractivity contribution < 1.29 is 29.0 Å². The van der Waals surface area contributed by atoms with Crippen LogP contribution < -0.4 is 21.3 Å². The number of ether oxygens (including phenoxy) is 1. The first-order chi connectivity index (χ1) is 24.5. The number of unbranched alkanes of at least 4 members (excludes halogenated alkanes) is 2. The number of alkyl carbamates (subject to hydrolysis) is 1. The van der Waals surface area contributed by atoms with E-state index >= 15 is 0 Å². The predicted molar refractivity (Wildman–Crippen MR) is 202 cm³/mol. The monoisotopic (exact) mass is 702 g/mol. The summed E-state index contributed by atoms with van der Waals surface area (Å²) < 4.78 is 5.48. The number of aliphatic hydroxyl groups is 1. The Morgan fingerprint density at radius 1 is 0.784 bits per heavy atom. The average Bonchev–Trinajstić information content (AvgIpc) is 3.12. The molecule has 5 atom stereocenters. The van der Waals surface area contributed by atoms with Gasteiger partial charge in [0.25, 0.3) is 0 Å². The number of amides is 4. The molecule has 0 bridgehead atoms. The number of hydrogen-bond donors (Lipinski definition) is 5. The third-order valence-electron chi connectivity index (χ3n) is 9.11. The number of nitrogens with one attached hydrogen (secondary N) is 4. The fourth-order valence-corrected chi connectivity index (χ4v) is 5.89. The molecule has 0 saturated carbocycles. The topological polar surface area (TPSA) is 146 Å². The summed E-state index contributed by atoms with van der Waals surface area (Å²) in [4.78, 5) is 53.7. The molecule has 10 heteroatoms. The molecule has 3 rings (SSSR count). The number of hydrogen-bond acceptors (Lipinski definition) is 6. The van der Waals surface area contributed by atoms with Crippen molar-refractivity contribution in [3.8, 4) is 0 Å². The summed E-state index contributed by atoms with van der Waals surface area (Å²) in [7, 11) is 0. The summed E-state index contributed by atoms with van der Waals surface area (Å²) >= 11 is 0. The van der Waals surface area contributed by atoms with Crippen LogP contribution in [0.4, 0.5) is 4.79 Å². The zero-order valence-corrected chi connectivity index (χ0v) is 31.0. The second kappa shape index (κ2) is 21.7. The molecule has 0 aromatic heterocycles. The summed E-state index contributed by atoms with van der Waals surface area (Å²) in [5.74, 6) is -0.812. The van der Waals surface area contributed by atoms with Crippen LogP contribution in [0.15, 0.2) is 72.8 Å². The first-order valence-corrected chi connectivity index (χ1v) is 18.5. The van der Waals surface area contributed by atoms with Crippen molar-refractivity contribution in [2.75, 3.05) is 6.54 Å². The minimum atomic E-state index is -1.11. The van der Waals surface area contributed by atoms with E-state index < -0.39 is 42.1 Å². The molecule has 10 nitrogen and oxygen atoms in total. The number of benzene rings is 3. The largest absolute Gasteiger partial charge is 0.445 e. The van der Waals surface area contributed by atoms with Crippen molar-refractivity contribution in [2.24, 2.45) is 11.8 Å². The van der Waals surface area contributed by atoms with Crippen LogP contribution in [0.5, 0.6) is 0 Å². The summed E-state index contributed by atoms with van der Waals surface area (Å²) in [6, 6.07) is 20.2. The lowest BCUT2D eigenvalue weighted by Gasteiger charge is -2.29. The van der Waals surface area contributed by atoms with Crippen LogP contribution in [0.2, 0.25) is 0 Å². The number of rotatable bonds is 21. The maximum absolute atomic E-state index is 14.1. The average molecular weight is 703 g/mol. The fourth-order valence-electron chi connectivity index (χ4n) is 5.89. The Morgan fingerprint density at radius 2 is 1.47 bits per heavy atom. The standard InChI is InChI=1S/C41H58N4O6/c1-6-8-10-22-34(39(48)44-35(23-28(3)4)37(46)25-38(47)42-26-29(5)7-2)43-40(49)36(45-41(50)51-27-30-16-11-9-12-17-30)24-32-20-15-19-31-18-13-14-21-33(31)32/h9,11-21,28-29,34-37,46H,6-8,10,22-27H2,1-5H3,(H,42,47)(H,43,49)(H,44,48)(H,45,50)/t29?,34-,35?,36-,37?/m0/s1. The third kappa shape index (κ3) is 14.4. The van der Waals surface area contributed by atoms with E-state index in [1.165, 1.54) is 0 Å². The normalized spacial score (nSPS) is 14.2. The second-order valence-corrected chi connectivity index (χ2v) is 14.0. The minimum absolute atomic E-state index is 0.0343. The van der Waals surface area contributed by atoms with Crippen LogP contribution in [-0.4, -0.2) is 59.7 Å². The first-order valence-electron chi connectivity index (χ1n) is 18.5. The van der Waals surface area contributed by atoms with Crippen LogP contribution in [0.25, 0.3) is 10.8 Å². The van der Waals surface area contributed by atoms with E-state index in [0.717, 1.165) is 41.2 Å². The highest BCUT2D eigenvalue weighted by Gasteiger charge is 2.31. The minimum Gasteiger partial charge on any atom is -0.445 e. The maximum Gasteiger partial charge on any atom is 0.408 e. The van der Waals surface area contributed by atoms with Gasteiger partial charge in [-0.25, -0.2) is 4.79 Å². The molecule has 3 aromatic rings. The Morgan fingerprint density at radius 3 is 2.18 bits per heavy atom. The van der Waals surface area contributed by atoms with E-state index in [9.17, 15) is 24.3 Å². The van der Waals surface area contributed by atoms with Crippen molar-refractivity contribution in [3.63, 3.8) is 0 Å². The van der Waals surface area contributed by atoms with E-state index in [1.807, 2.05) is 93.6 Å². The molecule has 4 amide bonds. The molecule has 51 heavy (non-hydrogen) atoms. The SMILES string of the molecule is CCCCC[C@H](NC(=O)[C@H](Cc1cccc2ccccc12)NC(=O)OCc1ccccc1)C(=O)NC(CC(C)C)C(O)CC(=O)NCC(C)CC. The van der Waals surface area contributed by atoms with Gasteiger partial charge in [0.05, 0.1) is 18.6 Å². The van der Waals surface area contributed by atoms with Gasteiger partial charge >= 0.3 is 6.09 Å². The Labute approximate surface area is 303 Å². The van der Waals surface area contributed by atoms with Crippen LogP contribution >= 0.6 is 0 Å². The molecular weight excluding hydrogens is 644 g/mol. The zero-order valence-electron chi connectivity index (χ0n) is 31.0. The first kappa shape index (κ1) is 41.0. The number of carbonyl (C=O) groups excluding carboxylic acids is 4. The molecular formula is C41H58N4O6. The predicted octanol–water partition coefficient (Wildman–Crippen LogP) is 6.19. The van der Waals surface area contributed by atoms with E-state index in [0.29, 0.717) is 31.7 Å². The lowest BCUT2D eigenvalue weighted by Crippen LogP contribution is -2.57. The van der Waals surface area contributed by atoms with Gasteiger partial charge in [0.1, 0.15) is 18.7 Å². The van der Waals surface area contributed by atoms with E-state index in [4.69, 9.17) is 4.74 Å². The van der Waals surface area contributed by atoms with E-state index in [1.54, 1.807) is 0 Å². The molecule has 0 saturated heterocycles. The van der Waals surface area contributed by atoms with Gasteiger partial charge in [-0.3, -0.25) is 14.4 Å². The molecule has 0 fully saturated rings. The number of carbonyl (C=O) groups is 4. The van der Waals surface area contributed by atoms with Gasteiger partial charge in [-0.05, 0) is 46.6 Å². The van der Waals surface area contributed by atoms with Gasteiger partial charge in [-0.15, -0.1) is 0 Å². The Balaban J connectivity index is 1.81. The molecule has 0 radical (unpaired) electrons. The molecule has 278 valence electrons. The van der Waals surface area contributed by atoms with Crippen LogP contribution in [0, 0.1) is 11.8 Å². The molecule has 0 heterocycles. The third-order valence-corrected chi connectivity index (χ3v) is 9.11. The molecule has 3 unspecified atom stereocenters. The van der Waals surface area contributed by atoms with Crippen LogP contribution in [0.3, 0.4) is 0 Å². The van der Waals surface area contributed by atoms with Crippen molar-refractivity contribution in [1.29, 1.82) is 0 Å². The smallest absolute Gasteiger partial charge is 0.408 e. The Bertz CT molecular complexity index is 1530. The van der Waals surface area contributed by atoms with Crippen molar-refractivity contribution >= 4 is 34.6 Å². The molecule has 3 aromatic carbocycles. The summed E-state index contributed by atoms with van der Waals surface area (Å²) in [5, 5.41) is 24.6. The van der Waals surface area contributed by atoms with E-state index in [2.05, 4.69) is 35.1 Å². The van der Waals surface area contributed by atoms with Crippen molar-refractivity contribution in [3.05, 3.63) is 83.9 Å². The van der Waals surface area contributed by atoms with Crippen LogP contribution in [-0.2, 0) is 32.1 Å². The summed E-state index contributed by atoms with van der Waals surface area (Å²) in [6.45, 7) is 10.7. The lowest BCUT2D eigenvalue weighted by molar-refractivity contribution is -0.131. The highest BCUT2D eigenvalue weighted by Crippen LogP contribution is 2.20. The summed E-state index contributed by atoms with van der Waals surface area (Å²) in [6.07, 6.45) is 2.35. The highest BCUT2D eigenvalue weighted by molar-refractivity contribution is 5.92. The zero-order chi connectivity index (χ0) is 37.2. The summed E-state index contributed by atoms with van der Waals surface area (Å²) in [5.41, 5.74) is 1.66. The van der Waals surface area contributed by atoms with Gasteiger partial charge in [0.2, 0.25) is 17.7 Å². The Kier molecular flexibility index (Phi) is 17.4. The molecule has 5 N–H and O–H groups in total. The second-order valence-electron chi connectivity index (χ2n) is 14.0. The lowest BCUT2D eigenvalue weighted by atomic mass is 9.96. The molecule has 0 aliphatic heterocycles. The fraction of sp³-hybridized carbons (Fsp3) is 0.512. The molecule has 0 spiro atoms. The van der Waals surface area contributed by atoms with Gasteiger partial charge in [0.15, 0.2) is 0 Å². The van der Waals surface area contributed by atoms with Gasteiger partial charge < -0.3 is 31.1 Å².